The molecule has 33 heavy (non-hydrogen) atoms. The van der Waals surface area contributed by atoms with Crippen molar-refractivity contribution in [2.75, 3.05) is 6.16 Å². The Hall–Kier alpha value is -3.45. The van der Waals surface area contributed by atoms with Gasteiger partial charge in [-0.25, -0.2) is 0 Å². The Kier molecular flexibility index (Phi) is 7.87. The molecule has 3 heteroatoms. The van der Waals surface area contributed by atoms with Gasteiger partial charge < -0.3 is 4.52 Å². The Morgan fingerprint density at radius 3 is 1.79 bits per heavy atom. The first-order valence-electron chi connectivity index (χ1n) is 11.0. The largest absolute Gasteiger partial charge is 0.320 e. The minimum absolute atomic E-state index is 0.288. The molecule has 0 N–H and O–H groups in total. The van der Waals surface area contributed by atoms with Crippen molar-refractivity contribution in [2.24, 2.45) is 0 Å². The van der Waals surface area contributed by atoms with Crippen molar-refractivity contribution in [1.29, 1.82) is 0 Å². The highest BCUT2D eigenvalue weighted by Crippen LogP contribution is 2.60. The Labute approximate surface area is 196 Å². The van der Waals surface area contributed by atoms with Crippen LogP contribution in [0.15, 0.2) is 127 Å². The third kappa shape index (κ3) is 6.52. The lowest BCUT2D eigenvalue weighted by Gasteiger charge is -2.21. The van der Waals surface area contributed by atoms with Crippen LogP contribution < -0.4 is 0 Å². The molecule has 0 fully saturated rings. The van der Waals surface area contributed by atoms with Gasteiger partial charge >= 0.3 is 0 Å². The van der Waals surface area contributed by atoms with Crippen LogP contribution in [0.5, 0.6) is 0 Å². The second kappa shape index (κ2) is 11.4. The lowest BCUT2D eigenvalue weighted by molar-refractivity contribution is 0.312. The number of rotatable bonds is 9. The molecule has 4 aromatic carbocycles. The fourth-order valence-corrected chi connectivity index (χ4v) is 5.63. The minimum atomic E-state index is -3.24. The molecule has 0 saturated heterocycles. The van der Waals surface area contributed by atoms with Crippen molar-refractivity contribution in [2.45, 2.75) is 6.61 Å². The molecule has 2 nitrogen and oxygen atoms in total. The molecule has 0 aromatic heterocycles. The van der Waals surface area contributed by atoms with Gasteiger partial charge in [-0.05, 0) is 28.3 Å². The van der Waals surface area contributed by atoms with E-state index in [1.807, 2.05) is 140 Å². The topological polar surface area (TPSA) is 26.3 Å². The summed E-state index contributed by atoms with van der Waals surface area (Å²) in [7, 11) is -3.24. The first kappa shape index (κ1) is 22.7. The van der Waals surface area contributed by atoms with Crippen molar-refractivity contribution in [3.05, 3.63) is 150 Å². The average molecular weight is 451 g/mol. The molecule has 0 saturated carbocycles. The zero-order valence-corrected chi connectivity index (χ0v) is 19.4. The fraction of sp³-hybridized carbons (Fsp3) is 0.0667. The zero-order chi connectivity index (χ0) is 22.8. The standard InChI is InChI=1S/C30H27O2P/c31-33(32-25-28-18-9-3-10-19-28,23-13-20-26-14-5-1-6-15-26)30(29-21-11-4-12-22-29)24-27-16-7-2-8-17-27/h1-22,24H,23,25H2/b20-13+,30-24+. The van der Waals surface area contributed by atoms with E-state index in [4.69, 9.17) is 4.52 Å². The van der Waals surface area contributed by atoms with E-state index in [0.29, 0.717) is 6.16 Å². The van der Waals surface area contributed by atoms with Gasteiger partial charge in [-0.2, -0.15) is 0 Å². The summed E-state index contributed by atoms with van der Waals surface area (Å²) in [5.41, 5.74) is 3.97. The van der Waals surface area contributed by atoms with Gasteiger partial charge in [0.05, 0.1) is 6.61 Å². The summed E-state index contributed by atoms with van der Waals surface area (Å²) in [4.78, 5) is 0. The van der Waals surface area contributed by atoms with Gasteiger partial charge in [-0.1, -0.05) is 133 Å². The van der Waals surface area contributed by atoms with Gasteiger partial charge in [0, 0.05) is 11.5 Å². The summed E-state index contributed by atoms with van der Waals surface area (Å²) in [5, 5.41) is 0.725. The van der Waals surface area contributed by atoms with Crippen LogP contribution in [0.25, 0.3) is 17.5 Å². The zero-order valence-electron chi connectivity index (χ0n) is 18.5. The number of allylic oxidation sites excluding steroid dienone is 1. The van der Waals surface area contributed by atoms with Crippen LogP contribution in [-0.4, -0.2) is 6.16 Å². The average Bonchev–Trinajstić information content (AvgIpc) is 2.88. The lowest BCUT2D eigenvalue weighted by atomic mass is 10.1. The van der Waals surface area contributed by atoms with Gasteiger partial charge in [0.15, 0.2) is 0 Å². The van der Waals surface area contributed by atoms with Crippen LogP contribution in [0.3, 0.4) is 0 Å². The van der Waals surface area contributed by atoms with E-state index in [-0.39, 0.29) is 6.61 Å². The summed E-state index contributed by atoms with van der Waals surface area (Å²) in [5.74, 6) is 0. The van der Waals surface area contributed by atoms with Crippen LogP contribution >= 0.6 is 7.37 Å². The Bertz CT molecular complexity index is 1230. The Balaban J connectivity index is 1.72. The van der Waals surface area contributed by atoms with Gasteiger partial charge in [0.2, 0.25) is 7.37 Å². The molecule has 164 valence electrons. The number of hydrogen-bond donors (Lipinski definition) is 0. The smallest absolute Gasteiger partial charge is 0.236 e. The third-order valence-electron chi connectivity index (χ3n) is 5.28. The highest BCUT2D eigenvalue weighted by Gasteiger charge is 2.29. The molecule has 1 atom stereocenters. The van der Waals surface area contributed by atoms with Gasteiger partial charge in [-0.3, -0.25) is 4.57 Å². The molecule has 0 heterocycles. The van der Waals surface area contributed by atoms with Crippen molar-refractivity contribution in [1.82, 2.24) is 0 Å². The Morgan fingerprint density at radius 2 is 1.18 bits per heavy atom. The predicted molar refractivity (Wildman–Crippen MR) is 140 cm³/mol. The lowest BCUT2D eigenvalue weighted by Crippen LogP contribution is -1.99. The first-order chi connectivity index (χ1) is 16.2. The first-order valence-corrected chi connectivity index (χ1v) is 12.9. The number of benzene rings is 4. The van der Waals surface area contributed by atoms with Gasteiger partial charge in [-0.15, -0.1) is 0 Å². The molecule has 0 aliphatic heterocycles. The SMILES string of the molecule is O=P(C/C=C/c1ccccc1)(OCc1ccccc1)/C(=C/c1ccccc1)c1ccccc1. The summed E-state index contributed by atoms with van der Waals surface area (Å²) < 4.78 is 20.8. The summed E-state index contributed by atoms with van der Waals surface area (Å²) in [6.07, 6.45) is 6.27. The normalized spacial score (nSPS) is 13.6. The molecule has 1 unspecified atom stereocenters. The minimum Gasteiger partial charge on any atom is -0.320 e. The molecule has 4 aromatic rings. The summed E-state index contributed by atoms with van der Waals surface area (Å²) in [6, 6.07) is 39.8. The van der Waals surface area contributed by atoms with E-state index < -0.39 is 7.37 Å². The van der Waals surface area contributed by atoms with Crippen LogP contribution in [0, 0.1) is 0 Å². The molecule has 0 aliphatic carbocycles. The van der Waals surface area contributed by atoms with Gasteiger partial charge in [0.1, 0.15) is 0 Å². The van der Waals surface area contributed by atoms with Crippen molar-refractivity contribution < 1.29 is 9.09 Å². The maximum Gasteiger partial charge on any atom is 0.236 e. The molecule has 0 spiro atoms. The maximum atomic E-state index is 14.5. The highest BCUT2D eigenvalue weighted by molar-refractivity contribution is 7.70. The van der Waals surface area contributed by atoms with E-state index in [2.05, 4.69) is 0 Å². The molecule has 4 rings (SSSR count). The third-order valence-corrected chi connectivity index (χ3v) is 7.64. The fourth-order valence-electron chi connectivity index (χ4n) is 3.56. The van der Waals surface area contributed by atoms with Crippen molar-refractivity contribution >= 4 is 24.8 Å². The van der Waals surface area contributed by atoms with E-state index in [0.717, 1.165) is 27.6 Å². The maximum absolute atomic E-state index is 14.5. The van der Waals surface area contributed by atoms with Crippen molar-refractivity contribution in [3.63, 3.8) is 0 Å². The van der Waals surface area contributed by atoms with Crippen LogP contribution in [-0.2, 0) is 15.7 Å². The molecule has 0 radical (unpaired) electrons. The van der Waals surface area contributed by atoms with Crippen LogP contribution in [0.4, 0.5) is 0 Å². The summed E-state index contributed by atoms with van der Waals surface area (Å²) >= 11 is 0. The second-order valence-corrected chi connectivity index (χ2v) is 10.2. The molecule has 0 aliphatic rings. The van der Waals surface area contributed by atoms with E-state index >= 15 is 0 Å². The quantitative estimate of drug-likeness (QED) is 0.189. The van der Waals surface area contributed by atoms with Crippen molar-refractivity contribution in [3.8, 4) is 0 Å². The molecular formula is C30H27O2P. The second-order valence-electron chi connectivity index (χ2n) is 7.73. The Morgan fingerprint density at radius 1 is 0.667 bits per heavy atom. The molecule has 0 amide bonds. The molecular weight excluding hydrogens is 423 g/mol. The van der Waals surface area contributed by atoms with Crippen LogP contribution in [0.2, 0.25) is 0 Å². The van der Waals surface area contributed by atoms with Gasteiger partial charge in [0.25, 0.3) is 0 Å². The summed E-state index contributed by atoms with van der Waals surface area (Å²) in [6.45, 7) is 0.288. The monoisotopic (exact) mass is 450 g/mol. The molecule has 0 bridgehead atoms. The highest BCUT2D eigenvalue weighted by atomic mass is 31.2. The number of hydrogen-bond acceptors (Lipinski definition) is 2. The van der Waals surface area contributed by atoms with E-state index in [1.54, 1.807) is 0 Å². The predicted octanol–water partition coefficient (Wildman–Crippen LogP) is 8.39. The van der Waals surface area contributed by atoms with E-state index in [1.165, 1.54) is 0 Å². The van der Waals surface area contributed by atoms with E-state index in [9.17, 15) is 4.57 Å². The van der Waals surface area contributed by atoms with Crippen LogP contribution in [0.1, 0.15) is 22.3 Å².